The number of hydrogen-bond donors (Lipinski definition) is 1. The number of piperidine rings is 1. The maximum absolute atomic E-state index is 3.66. The summed E-state index contributed by atoms with van der Waals surface area (Å²) in [7, 11) is 0. The van der Waals surface area contributed by atoms with Gasteiger partial charge in [-0.2, -0.15) is 0 Å². The predicted molar refractivity (Wildman–Crippen MR) is 69.8 cm³/mol. The first-order chi connectivity index (χ1) is 7.86. The molecule has 0 aromatic heterocycles. The van der Waals surface area contributed by atoms with Crippen molar-refractivity contribution in [3.8, 4) is 0 Å². The standard InChI is InChI=1S/C14H28N2/c1-13-7-3-2-6-11-16(13)12-9-14-8-4-5-10-15-14/h13-15H,2-12H2,1H3. The second-order valence-electron chi connectivity index (χ2n) is 5.67. The van der Waals surface area contributed by atoms with Gasteiger partial charge in [0.1, 0.15) is 0 Å². The van der Waals surface area contributed by atoms with Crippen LogP contribution in [0.2, 0.25) is 0 Å². The fourth-order valence-corrected chi connectivity index (χ4v) is 3.16. The molecular weight excluding hydrogens is 196 g/mol. The van der Waals surface area contributed by atoms with Crippen molar-refractivity contribution in [1.29, 1.82) is 0 Å². The molecule has 2 atom stereocenters. The molecule has 2 saturated heterocycles. The van der Waals surface area contributed by atoms with Crippen molar-refractivity contribution in [2.75, 3.05) is 19.6 Å². The zero-order valence-corrected chi connectivity index (χ0v) is 10.9. The minimum atomic E-state index is 0.809. The highest BCUT2D eigenvalue weighted by Gasteiger charge is 2.19. The van der Waals surface area contributed by atoms with Crippen LogP contribution < -0.4 is 5.32 Å². The van der Waals surface area contributed by atoms with E-state index in [9.17, 15) is 0 Å². The first-order valence-electron chi connectivity index (χ1n) is 7.33. The first-order valence-corrected chi connectivity index (χ1v) is 7.33. The average molecular weight is 224 g/mol. The van der Waals surface area contributed by atoms with Gasteiger partial charge in [-0.3, -0.25) is 0 Å². The largest absolute Gasteiger partial charge is 0.314 e. The summed E-state index contributed by atoms with van der Waals surface area (Å²) in [5.41, 5.74) is 0. The normalized spacial score (nSPS) is 33.6. The lowest BCUT2D eigenvalue weighted by Crippen LogP contribution is -2.40. The molecule has 2 heterocycles. The third-order valence-electron chi connectivity index (χ3n) is 4.37. The van der Waals surface area contributed by atoms with E-state index in [1.54, 1.807) is 0 Å². The second-order valence-corrected chi connectivity index (χ2v) is 5.67. The minimum absolute atomic E-state index is 0.809. The third-order valence-corrected chi connectivity index (χ3v) is 4.37. The molecule has 2 rings (SSSR count). The van der Waals surface area contributed by atoms with Gasteiger partial charge in [0, 0.05) is 12.1 Å². The molecule has 1 N–H and O–H groups in total. The first kappa shape index (κ1) is 12.4. The van der Waals surface area contributed by atoms with Crippen LogP contribution in [0.5, 0.6) is 0 Å². The highest BCUT2D eigenvalue weighted by atomic mass is 15.1. The molecule has 2 aliphatic rings. The molecule has 0 saturated carbocycles. The Morgan fingerprint density at radius 3 is 2.75 bits per heavy atom. The van der Waals surface area contributed by atoms with Gasteiger partial charge in [0.2, 0.25) is 0 Å². The van der Waals surface area contributed by atoms with Crippen molar-refractivity contribution >= 4 is 0 Å². The van der Waals surface area contributed by atoms with E-state index in [1.807, 2.05) is 0 Å². The molecule has 0 aliphatic carbocycles. The molecule has 0 spiro atoms. The molecule has 2 fully saturated rings. The van der Waals surface area contributed by atoms with Crippen molar-refractivity contribution in [1.82, 2.24) is 10.2 Å². The average Bonchev–Trinajstić information content (AvgIpc) is 2.53. The van der Waals surface area contributed by atoms with E-state index in [0.717, 1.165) is 12.1 Å². The summed E-state index contributed by atoms with van der Waals surface area (Å²) in [5, 5.41) is 3.66. The Labute approximate surface area is 101 Å². The Balaban J connectivity index is 1.70. The maximum Gasteiger partial charge on any atom is 0.00792 e. The quantitative estimate of drug-likeness (QED) is 0.793. The molecule has 0 aromatic carbocycles. The lowest BCUT2D eigenvalue weighted by atomic mass is 10.0. The van der Waals surface area contributed by atoms with Crippen LogP contribution in [-0.4, -0.2) is 36.6 Å². The van der Waals surface area contributed by atoms with Crippen LogP contribution in [0.3, 0.4) is 0 Å². The van der Waals surface area contributed by atoms with Crippen LogP contribution in [0.25, 0.3) is 0 Å². The number of nitrogens with zero attached hydrogens (tertiary/aromatic N) is 1. The Kier molecular flexibility index (Phi) is 5.11. The van der Waals surface area contributed by atoms with Gasteiger partial charge >= 0.3 is 0 Å². The molecule has 2 aliphatic heterocycles. The number of nitrogens with one attached hydrogen (secondary N) is 1. The van der Waals surface area contributed by atoms with Gasteiger partial charge in [-0.25, -0.2) is 0 Å². The van der Waals surface area contributed by atoms with Crippen molar-refractivity contribution in [3.05, 3.63) is 0 Å². The van der Waals surface area contributed by atoms with Crippen LogP contribution in [-0.2, 0) is 0 Å². The van der Waals surface area contributed by atoms with E-state index in [0.29, 0.717) is 0 Å². The fourth-order valence-electron chi connectivity index (χ4n) is 3.16. The van der Waals surface area contributed by atoms with Crippen LogP contribution in [0.15, 0.2) is 0 Å². The summed E-state index contributed by atoms with van der Waals surface area (Å²) in [6, 6.07) is 1.63. The Hall–Kier alpha value is -0.0800. The Bertz CT molecular complexity index is 187. The summed E-state index contributed by atoms with van der Waals surface area (Å²) in [4.78, 5) is 2.73. The molecule has 0 aromatic rings. The summed E-state index contributed by atoms with van der Waals surface area (Å²) >= 11 is 0. The molecule has 16 heavy (non-hydrogen) atoms. The zero-order valence-electron chi connectivity index (χ0n) is 10.9. The summed E-state index contributed by atoms with van der Waals surface area (Å²) in [6.07, 6.45) is 11.3. The van der Waals surface area contributed by atoms with Crippen LogP contribution in [0.4, 0.5) is 0 Å². The summed E-state index contributed by atoms with van der Waals surface area (Å²) in [6.45, 7) is 6.33. The van der Waals surface area contributed by atoms with E-state index in [1.165, 1.54) is 71.0 Å². The van der Waals surface area contributed by atoms with E-state index >= 15 is 0 Å². The summed E-state index contributed by atoms with van der Waals surface area (Å²) < 4.78 is 0. The highest BCUT2D eigenvalue weighted by Crippen LogP contribution is 2.18. The number of likely N-dealkylation sites (tertiary alicyclic amines) is 1. The van der Waals surface area contributed by atoms with Gasteiger partial charge in [-0.1, -0.05) is 19.3 Å². The van der Waals surface area contributed by atoms with Gasteiger partial charge in [0.25, 0.3) is 0 Å². The fraction of sp³-hybridized carbons (Fsp3) is 1.00. The molecule has 2 heteroatoms. The topological polar surface area (TPSA) is 15.3 Å². The van der Waals surface area contributed by atoms with E-state index in [2.05, 4.69) is 17.1 Å². The molecule has 0 bridgehead atoms. The van der Waals surface area contributed by atoms with Gasteiger partial charge in [0.15, 0.2) is 0 Å². The van der Waals surface area contributed by atoms with Crippen LogP contribution in [0.1, 0.15) is 58.3 Å². The summed E-state index contributed by atoms with van der Waals surface area (Å²) in [5.74, 6) is 0. The van der Waals surface area contributed by atoms with Gasteiger partial charge < -0.3 is 10.2 Å². The lowest BCUT2D eigenvalue weighted by molar-refractivity contribution is 0.197. The zero-order chi connectivity index (χ0) is 11.2. The Morgan fingerprint density at radius 1 is 1.06 bits per heavy atom. The van der Waals surface area contributed by atoms with E-state index in [4.69, 9.17) is 0 Å². The van der Waals surface area contributed by atoms with Crippen molar-refractivity contribution in [2.24, 2.45) is 0 Å². The smallest absolute Gasteiger partial charge is 0.00792 e. The van der Waals surface area contributed by atoms with Crippen LogP contribution in [0, 0.1) is 0 Å². The van der Waals surface area contributed by atoms with Crippen molar-refractivity contribution < 1.29 is 0 Å². The monoisotopic (exact) mass is 224 g/mol. The number of rotatable bonds is 3. The van der Waals surface area contributed by atoms with Gasteiger partial charge in [-0.15, -0.1) is 0 Å². The molecular formula is C14H28N2. The SMILES string of the molecule is CC1CCCCCN1CCC1CCCCN1. The highest BCUT2D eigenvalue weighted by molar-refractivity contribution is 4.77. The lowest BCUT2D eigenvalue weighted by Gasteiger charge is -2.30. The molecule has 0 radical (unpaired) electrons. The minimum Gasteiger partial charge on any atom is -0.314 e. The number of hydrogen-bond acceptors (Lipinski definition) is 2. The molecule has 2 nitrogen and oxygen atoms in total. The van der Waals surface area contributed by atoms with Crippen LogP contribution >= 0.6 is 0 Å². The van der Waals surface area contributed by atoms with E-state index in [-0.39, 0.29) is 0 Å². The van der Waals surface area contributed by atoms with Crippen molar-refractivity contribution in [2.45, 2.75) is 70.4 Å². The molecule has 2 unspecified atom stereocenters. The third kappa shape index (κ3) is 3.74. The molecule has 0 amide bonds. The van der Waals surface area contributed by atoms with E-state index < -0.39 is 0 Å². The predicted octanol–water partition coefficient (Wildman–Crippen LogP) is 2.78. The van der Waals surface area contributed by atoms with Gasteiger partial charge in [0.05, 0.1) is 0 Å². The molecule has 94 valence electrons. The second kappa shape index (κ2) is 6.61. The Morgan fingerprint density at radius 2 is 1.94 bits per heavy atom. The van der Waals surface area contributed by atoms with Gasteiger partial charge in [-0.05, 0) is 58.7 Å². The van der Waals surface area contributed by atoms with Crippen molar-refractivity contribution in [3.63, 3.8) is 0 Å². The maximum atomic E-state index is 3.66.